The fourth-order valence-electron chi connectivity index (χ4n) is 4.07. The summed E-state index contributed by atoms with van der Waals surface area (Å²) in [7, 11) is 1.43. The molecule has 0 saturated heterocycles. The van der Waals surface area contributed by atoms with Crippen molar-refractivity contribution in [2.45, 2.75) is 18.8 Å². The minimum atomic E-state index is -0.826. The normalized spacial score (nSPS) is 12.5. The van der Waals surface area contributed by atoms with Gasteiger partial charge in [-0.15, -0.1) is 0 Å². The fraction of sp³-hybridized carbons (Fsp3) is 0.160. The lowest BCUT2D eigenvalue weighted by Gasteiger charge is -2.27. The zero-order valence-corrected chi connectivity index (χ0v) is 18.8. The predicted molar refractivity (Wildman–Crippen MR) is 123 cm³/mol. The molecule has 0 aliphatic rings. The van der Waals surface area contributed by atoms with Crippen molar-refractivity contribution in [1.82, 2.24) is 14.7 Å². The Bertz CT molecular complexity index is 1480. The van der Waals surface area contributed by atoms with Crippen molar-refractivity contribution < 1.29 is 18.8 Å². The topological polar surface area (TPSA) is 134 Å². The minimum absolute atomic E-state index is 0.139. The van der Waals surface area contributed by atoms with Crippen LogP contribution < -0.4 is 10.9 Å². The van der Waals surface area contributed by atoms with Gasteiger partial charge in [-0.1, -0.05) is 48.5 Å². The SMILES string of the molecule is C[C@H](c1nc(C(=O)Nc2cnoc2)c(O)c(=O)n1C)[C@H](c1ccccc1)c1ccc(F)cc1C#N. The number of nitrogens with zero attached hydrogens (tertiary/aromatic N) is 4. The average molecular weight is 473 g/mol. The summed E-state index contributed by atoms with van der Waals surface area (Å²) < 4.78 is 19.7. The van der Waals surface area contributed by atoms with Gasteiger partial charge in [0.1, 0.15) is 23.6 Å². The Balaban J connectivity index is 1.87. The molecular formula is C25H20FN5O4. The molecular weight excluding hydrogens is 453 g/mol. The summed E-state index contributed by atoms with van der Waals surface area (Å²) >= 11 is 0. The predicted octanol–water partition coefficient (Wildman–Crippen LogP) is 3.67. The van der Waals surface area contributed by atoms with Gasteiger partial charge in [0.05, 0.1) is 17.8 Å². The number of nitriles is 1. The third-order valence-electron chi connectivity index (χ3n) is 5.74. The molecule has 0 bridgehead atoms. The van der Waals surface area contributed by atoms with E-state index >= 15 is 0 Å². The lowest BCUT2D eigenvalue weighted by atomic mass is 9.79. The molecule has 0 saturated carbocycles. The van der Waals surface area contributed by atoms with E-state index in [1.54, 1.807) is 6.92 Å². The average Bonchev–Trinajstić information content (AvgIpc) is 3.37. The van der Waals surface area contributed by atoms with Crippen LogP contribution in [0.1, 0.15) is 51.8 Å². The van der Waals surface area contributed by atoms with Crippen molar-refractivity contribution in [2.75, 3.05) is 5.32 Å². The van der Waals surface area contributed by atoms with Crippen LogP contribution in [0.15, 0.2) is 70.3 Å². The molecule has 0 unspecified atom stereocenters. The first-order valence-electron chi connectivity index (χ1n) is 10.6. The minimum Gasteiger partial charge on any atom is -0.501 e. The quantitative estimate of drug-likeness (QED) is 0.436. The number of carbonyl (C=O) groups excluding carboxylic acids is 1. The zero-order chi connectivity index (χ0) is 25.1. The summed E-state index contributed by atoms with van der Waals surface area (Å²) in [6.45, 7) is 1.78. The molecule has 176 valence electrons. The molecule has 4 aromatic rings. The largest absolute Gasteiger partial charge is 0.501 e. The first-order chi connectivity index (χ1) is 16.8. The lowest BCUT2D eigenvalue weighted by molar-refractivity contribution is 0.101. The number of hydrogen-bond acceptors (Lipinski definition) is 7. The van der Waals surface area contributed by atoms with Gasteiger partial charge in [-0.3, -0.25) is 14.2 Å². The molecule has 1 amide bonds. The van der Waals surface area contributed by atoms with Gasteiger partial charge in [-0.05, 0) is 23.3 Å². The van der Waals surface area contributed by atoms with Crippen LogP contribution in [0.3, 0.4) is 0 Å². The number of hydrogen-bond donors (Lipinski definition) is 2. The molecule has 2 atom stereocenters. The van der Waals surface area contributed by atoms with Crippen molar-refractivity contribution in [3.63, 3.8) is 0 Å². The van der Waals surface area contributed by atoms with Crippen LogP contribution in [0.5, 0.6) is 5.75 Å². The summed E-state index contributed by atoms with van der Waals surface area (Å²) in [6, 6.07) is 15.2. The number of anilines is 1. The van der Waals surface area contributed by atoms with E-state index in [1.807, 2.05) is 36.4 Å². The smallest absolute Gasteiger partial charge is 0.296 e. The van der Waals surface area contributed by atoms with E-state index in [2.05, 4.69) is 20.0 Å². The number of benzene rings is 2. The van der Waals surface area contributed by atoms with Gasteiger partial charge in [0.15, 0.2) is 5.69 Å². The maximum absolute atomic E-state index is 13.9. The summed E-state index contributed by atoms with van der Waals surface area (Å²) in [5.41, 5.74) is 0.399. The molecule has 0 radical (unpaired) electrons. The molecule has 0 fully saturated rings. The van der Waals surface area contributed by atoms with E-state index in [4.69, 9.17) is 0 Å². The van der Waals surface area contributed by atoms with Gasteiger partial charge in [0.25, 0.3) is 11.5 Å². The van der Waals surface area contributed by atoms with Gasteiger partial charge >= 0.3 is 0 Å². The van der Waals surface area contributed by atoms with Crippen LogP contribution in [0, 0.1) is 17.1 Å². The van der Waals surface area contributed by atoms with E-state index in [1.165, 1.54) is 31.6 Å². The lowest BCUT2D eigenvalue weighted by Crippen LogP contribution is -2.29. The van der Waals surface area contributed by atoms with Crippen LogP contribution >= 0.6 is 0 Å². The Morgan fingerprint density at radius 2 is 2.00 bits per heavy atom. The Morgan fingerprint density at radius 1 is 1.26 bits per heavy atom. The molecule has 0 aliphatic heterocycles. The van der Waals surface area contributed by atoms with E-state index < -0.39 is 40.6 Å². The Morgan fingerprint density at radius 3 is 2.66 bits per heavy atom. The summed E-state index contributed by atoms with van der Waals surface area (Å²) in [4.78, 5) is 30.0. The van der Waals surface area contributed by atoms with Crippen LogP contribution in [0.4, 0.5) is 10.1 Å². The van der Waals surface area contributed by atoms with Gasteiger partial charge in [-0.2, -0.15) is 5.26 Å². The highest BCUT2D eigenvalue weighted by atomic mass is 19.1. The second-order valence-electron chi connectivity index (χ2n) is 7.92. The highest BCUT2D eigenvalue weighted by molar-refractivity contribution is 6.04. The van der Waals surface area contributed by atoms with Crippen LogP contribution in [-0.2, 0) is 7.05 Å². The number of carbonyl (C=O) groups is 1. The summed E-state index contributed by atoms with van der Waals surface area (Å²) in [6.07, 6.45) is 2.44. The molecule has 2 aromatic heterocycles. The van der Waals surface area contributed by atoms with Gasteiger partial charge < -0.3 is 14.9 Å². The second-order valence-corrected chi connectivity index (χ2v) is 7.92. The van der Waals surface area contributed by atoms with Crippen molar-refractivity contribution in [1.29, 1.82) is 5.26 Å². The second kappa shape index (κ2) is 9.61. The molecule has 2 N–H and O–H groups in total. The number of halogens is 1. The van der Waals surface area contributed by atoms with Crippen molar-refractivity contribution in [3.8, 4) is 11.8 Å². The molecule has 4 rings (SSSR count). The number of rotatable bonds is 6. The Kier molecular flexibility index (Phi) is 6.42. The van der Waals surface area contributed by atoms with Crippen molar-refractivity contribution >= 4 is 11.6 Å². The number of aromatic hydroxyl groups is 1. The van der Waals surface area contributed by atoms with Gasteiger partial charge in [-0.25, -0.2) is 9.37 Å². The van der Waals surface area contributed by atoms with E-state index in [0.29, 0.717) is 5.56 Å². The number of aromatic nitrogens is 3. The third kappa shape index (κ3) is 4.52. The molecule has 2 aromatic carbocycles. The first kappa shape index (κ1) is 23.4. The van der Waals surface area contributed by atoms with E-state index in [9.17, 15) is 24.3 Å². The maximum atomic E-state index is 13.9. The van der Waals surface area contributed by atoms with Crippen molar-refractivity contribution in [3.05, 3.63) is 105 Å². The number of nitrogens with one attached hydrogen (secondary N) is 1. The van der Waals surface area contributed by atoms with E-state index in [0.717, 1.165) is 16.2 Å². The molecule has 0 aliphatic carbocycles. The van der Waals surface area contributed by atoms with Gasteiger partial charge in [0.2, 0.25) is 5.75 Å². The molecule has 0 spiro atoms. The zero-order valence-electron chi connectivity index (χ0n) is 18.8. The van der Waals surface area contributed by atoms with Crippen LogP contribution in [0.25, 0.3) is 0 Å². The summed E-state index contributed by atoms with van der Waals surface area (Å²) in [5.74, 6) is -3.10. The highest BCUT2D eigenvalue weighted by Crippen LogP contribution is 2.39. The standard InChI is InChI=1S/C25H20FN5O4/c1-14(20(15-6-4-3-5-7-15)19-9-8-17(26)10-16(19)11-27)23-30-21(22(32)25(34)31(23)2)24(33)29-18-12-28-35-13-18/h3-10,12-14,20,32H,1-2H3,(H,29,33)/t14-,20+/m0/s1. The Labute approximate surface area is 199 Å². The molecule has 9 nitrogen and oxygen atoms in total. The molecule has 35 heavy (non-hydrogen) atoms. The third-order valence-corrected chi connectivity index (χ3v) is 5.74. The Hall–Kier alpha value is -4.78. The first-order valence-corrected chi connectivity index (χ1v) is 10.6. The maximum Gasteiger partial charge on any atom is 0.296 e. The van der Waals surface area contributed by atoms with Crippen molar-refractivity contribution in [2.24, 2.45) is 7.05 Å². The van der Waals surface area contributed by atoms with Gasteiger partial charge in [0, 0.05) is 18.9 Å². The summed E-state index contributed by atoms with van der Waals surface area (Å²) in [5, 5.41) is 26.0. The van der Waals surface area contributed by atoms with E-state index in [-0.39, 0.29) is 17.1 Å². The monoisotopic (exact) mass is 473 g/mol. The number of amides is 1. The molecule has 2 heterocycles. The fourth-order valence-corrected chi connectivity index (χ4v) is 4.07. The van der Waals surface area contributed by atoms with Crippen LogP contribution in [0.2, 0.25) is 0 Å². The molecule has 10 heteroatoms. The van der Waals surface area contributed by atoms with Crippen LogP contribution in [-0.4, -0.2) is 25.7 Å². The highest BCUT2D eigenvalue weighted by Gasteiger charge is 2.30.